The first-order valence-electron chi connectivity index (χ1n) is 8.53. The van der Waals surface area contributed by atoms with Crippen LogP contribution in [0.1, 0.15) is 25.3 Å². The van der Waals surface area contributed by atoms with E-state index >= 15 is 0 Å². The molecule has 1 amide bonds. The van der Waals surface area contributed by atoms with Crippen molar-refractivity contribution in [2.24, 2.45) is 4.99 Å². The summed E-state index contributed by atoms with van der Waals surface area (Å²) in [6.45, 7) is 5.10. The van der Waals surface area contributed by atoms with Crippen LogP contribution in [0.25, 0.3) is 10.2 Å². The van der Waals surface area contributed by atoms with Gasteiger partial charge < -0.3 is 4.57 Å². The van der Waals surface area contributed by atoms with E-state index in [-0.39, 0.29) is 5.91 Å². The number of fused-ring (bicyclic) bond motifs is 1. The number of para-hydroxylation sites is 1. The maximum absolute atomic E-state index is 12.3. The molecule has 0 N–H and O–H groups in total. The smallest absolute Gasteiger partial charge is 0.249 e. The SMILES string of the molecule is CCCn1c(=NC(=O)CCSc2ccc(C)cc2)sc2ccccc21. The van der Waals surface area contributed by atoms with Gasteiger partial charge in [0.15, 0.2) is 4.80 Å². The molecule has 0 saturated carbocycles. The van der Waals surface area contributed by atoms with Crippen molar-refractivity contribution in [2.45, 2.75) is 38.1 Å². The van der Waals surface area contributed by atoms with Gasteiger partial charge in [-0.25, -0.2) is 0 Å². The Hall–Kier alpha value is -1.85. The molecule has 1 heterocycles. The van der Waals surface area contributed by atoms with Crippen molar-refractivity contribution >= 4 is 39.2 Å². The molecule has 0 unspecified atom stereocenters. The molecule has 0 saturated heterocycles. The normalized spacial score (nSPS) is 12.0. The lowest BCUT2D eigenvalue weighted by molar-refractivity contribution is -0.117. The Morgan fingerprint density at radius 2 is 1.92 bits per heavy atom. The number of nitrogens with zero attached hydrogens (tertiary/aromatic N) is 2. The highest BCUT2D eigenvalue weighted by molar-refractivity contribution is 7.99. The monoisotopic (exact) mass is 370 g/mol. The summed E-state index contributed by atoms with van der Waals surface area (Å²) in [4.78, 5) is 18.7. The zero-order valence-corrected chi connectivity index (χ0v) is 16.2. The Morgan fingerprint density at radius 3 is 2.68 bits per heavy atom. The van der Waals surface area contributed by atoms with Crippen LogP contribution in [0.3, 0.4) is 0 Å². The first-order chi connectivity index (χ1) is 12.2. The van der Waals surface area contributed by atoms with Gasteiger partial charge in [0.2, 0.25) is 5.91 Å². The molecule has 3 rings (SSSR count). The number of amides is 1. The first kappa shape index (κ1) is 18.0. The van der Waals surface area contributed by atoms with E-state index in [1.165, 1.54) is 15.2 Å². The topological polar surface area (TPSA) is 34.4 Å². The van der Waals surface area contributed by atoms with Crippen LogP contribution in [0.15, 0.2) is 58.4 Å². The molecule has 0 fully saturated rings. The highest BCUT2D eigenvalue weighted by atomic mass is 32.2. The van der Waals surface area contributed by atoms with E-state index in [1.807, 2.05) is 12.1 Å². The van der Waals surface area contributed by atoms with E-state index < -0.39 is 0 Å². The van der Waals surface area contributed by atoms with Gasteiger partial charge in [0.25, 0.3) is 0 Å². The molecule has 2 aromatic carbocycles. The number of rotatable bonds is 6. The standard InChI is InChI=1S/C20H22N2OS2/c1-3-13-22-17-6-4-5-7-18(17)25-20(22)21-19(23)12-14-24-16-10-8-15(2)9-11-16/h4-11H,3,12-14H2,1-2H3. The summed E-state index contributed by atoms with van der Waals surface area (Å²) in [5, 5.41) is 0. The Kier molecular flexibility index (Phi) is 6.10. The van der Waals surface area contributed by atoms with Crippen molar-refractivity contribution in [3.05, 3.63) is 58.9 Å². The van der Waals surface area contributed by atoms with Crippen molar-refractivity contribution in [1.82, 2.24) is 4.57 Å². The van der Waals surface area contributed by atoms with Gasteiger partial charge in [-0.1, -0.05) is 48.1 Å². The van der Waals surface area contributed by atoms with E-state index in [9.17, 15) is 4.79 Å². The average Bonchev–Trinajstić information content (AvgIpc) is 2.94. The number of aromatic nitrogens is 1. The second-order valence-electron chi connectivity index (χ2n) is 5.92. The summed E-state index contributed by atoms with van der Waals surface area (Å²) in [6, 6.07) is 16.6. The zero-order chi connectivity index (χ0) is 17.6. The number of aryl methyl sites for hydroxylation is 2. The van der Waals surface area contributed by atoms with Gasteiger partial charge in [-0.3, -0.25) is 4.79 Å². The summed E-state index contributed by atoms with van der Waals surface area (Å²) in [5.41, 5.74) is 2.41. The van der Waals surface area contributed by atoms with Crippen LogP contribution < -0.4 is 4.80 Å². The van der Waals surface area contributed by atoms with Crippen molar-refractivity contribution < 1.29 is 4.79 Å². The summed E-state index contributed by atoms with van der Waals surface area (Å²) < 4.78 is 3.34. The Balaban J connectivity index is 1.71. The number of thioether (sulfide) groups is 1. The van der Waals surface area contributed by atoms with E-state index in [2.05, 4.69) is 59.8 Å². The largest absolute Gasteiger partial charge is 0.316 e. The van der Waals surface area contributed by atoms with Gasteiger partial charge in [-0.15, -0.1) is 11.8 Å². The van der Waals surface area contributed by atoms with Crippen molar-refractivity contribution in [2.75, 3.05) is 5.75 Å². The maximum atomic E-state index is 12.3. The molecule has 3 aromatic rings. The van der Waals surface area contributed by atoms with E-state index in [4.69, 9.17) is 0 Å². The molecule has 0 spiro atoms. The predicted molar refractivity (Wildman–Crippen MR) is 107 cm³/mol. The molecule has 0 aliphatic rings. The second-order valence-corrected chi connectivity index (χ2v) is 8.10. The summed E-state index contributed by atoms with van der Waals surface area (Å²) in [7, 11) is 0. The number of benzene rings is 2. The van der Waals surface area contributed by atoms with Crippen LogP contribution in [0.5, 0.6) is 0 Å². The van der Waals surface area contributed by atoms with Gasteiger partial charge in [0.05, 0.1) is 10.2 Å². The van der Waals surface area contributed by atoms with Crippen molar-refractivity contribution in [3.63, 3.8) is 0 Å². The minimum absolute atomic E-state index is 0.0454. The Labute approximate surface area is 156 Å². The molecule has 3 nitrogen and oxygen atoms in total. The third-order valence-corrected chi connectivity index (χ3v) is 5.93. The molecular weight excluding hydrogens is 348 g/mol. The molecule has 1 aromatic heterocycles. The highest BCUT2D eigenvalue weighted by Crippen LogP contribution is 2.20. The fourth-order valence-electron chi connectivity index (χ4n) is 2.60. The Bertz CT molecular complexity index is 923. The fraction of sp³-hybridized carbons (Fsp3) is 0.300. The van der Waals surface area contributed by atoms with Crippen molar-refractivity contribution in [3.8, 4) is 0 Å². The quantitative estimate of drug-likeness (QED) is 0.570. The Morgan fingerprint density at radius 1 is 1.16 bits per heavy atom. The summed E-state index contributed by atoms with van der Waals surface area (Å²) in [5.74, 6) is 0.709. The number of carbonyl (C=O) groups is 1. The molecule has 130 valence electrons. The summed E-state index contributed by atoms with van der Waals surface area (Å²) >= 11 is 3.30. The van der Waals surface area contributed by atoms with Crippen LogP contribution in [0.4, 0.5) is 0 Å². The number of thiazole rings is 1. The van der Waals surface area contributed by atoms with Crippen LogP contribution in [0, 0.1) is 6.92 Å². The van der Waals surface area contributed by atoms with E-state index in [0.29, 0.717) is 6.42 Å². The van der Waals surface area contributed by atoms with Gasteiger partial charge in [-0.05, 0) is 37.6 Å². The lowest BCUT2D eigenvalue weighted by atomic mass is 10.2. The molecule has 0 atom stereocenters. The lowest BCUT2D eigenvalue weighted by Crippen LogP contribution is -2.16. The first-order valence-corrected chi connectivity index (χ1v) is 10.3. The predicted octanol–water partition coefficient (Wildman–Crippen LogP) is 5.03. The van der Waals surface area contributed by atoms with Gasteiger partial charge in [-0.2, -0.15) is 4.99 Å². The van der Waals surface area contributed by atoms with E-state index in [0.717, 1.165) is 29.0 Å². The molecular formula is C20H22N2OS2. The zero-order valence-electron chi connectivity index (χ0n) is 14.6. The third-order valence-electron chi connectivity index (χ3n) is 3.86. The second kappa shape index (κ2) is 8.50. The molecule has 25 heavy (non-hydrogen) atoms. The molecule has 0 aliphatic carbocycles. The van der Waals surface area contributed by atoms with Gasteiger partial charge >= 0.3 is 0 Å². The molecule has 0 aliphatic heterocycles. The maximum Gasteiger partial charge on any atom is 0.249 e. The molecule has 5 heteroatoms. The van der Waals surface area contributed by atoms with Crippen molar-refractivity contribution in [1.29, 1.82) is 0 Å². The lowest BCUT2D eigenvalue weighted by Gasteiger charge is -2.02. The summed E-state index contributed by atoms with van der Waals surface area (Å²) in [6.07, 6.45) is 1.48. The van der Waals surface area contributed by atoms with Gasteiger partial charge in [0.1, 0.15) is 0 Å². The van der Waals surface area contributed by atoms with Gasteiger partial charge in [0, 0.05) is 23.6 Å². The van der Waals surface area contributed by atoms with Crippen LogP contribution in [0.2, 0.25) is 0 Å². The van der Waals surface area contributed by atoms with Crippen LogP contribution in [-0.4, -0.2) is 16.2 Å². The average molecular weight is 371 g/mol. The number of hydrogen-bond donors (Lipinski definition) is 0. The fourth-order valence-corrected chi connectivity index (χ4v) is 4.51. The molecule has 0 radical (unpaired) electrons. The van der Waals surface area contributed by atoms with Crippen LogP contribution >= 0.6 is 23.1 Å². The third kappa shape index (κ3) is 4.61. The number of carbonyl (C=O) groups excluding carboxylic acids is 1. The number of hydrogen-bond acceptors (Lipinski definition) is 3. The molecule has 0 bridgehead atoms. The van der Waals surface area contributed by atoms with Crippen LogP contribution in [-0.2, 0) is 11.3 Å². The minimum atomic E-state index is -0.0454. The minimum Gasteiger partial charge on any atom is -0.316 e. The van der Waals surface area contributed by atoms with E-state index in [1.54, 1.807) is 23.1 Å². The highest BCUT2D eigenvalue weighted by Gasteiger charge is 2.07.